The Balaban J connectivity index is 1.41. The van der Waals surface area contributed by atoms with Crippen LogP contribution in [0.3, 0.4) is 0 Å². The van der Waals surface area contributed by atoms with Gasteiger partial charge in [0, 0.05) is 29.8 Å². The topological polar surface area (TPSA) is 231 Å². The number of benzene rings is 5. The van der Waals surface area contributed by atoms with Crippen molar-refractivity contribution in [2.45, 2.75) is 45.3 Å². The maximum absolute atomic E-state index is 14.1. The van der Waals surface area contributed by atoms with Gasteiger partial charge in [-0.15, -0.1) is 0 Å². The van der Waals surface area contributed by atoms with Crippen LogP contribution in [0.2, 0.25) is 0 Å². The summed E-state index contributed by atoms with van der Waals surface area (Å²) < 4.78 is 15.9. The Bertz CT molecular complexity index is 2420. The van der Waals surface area contributed by atoms with E-state index in [-0.39, 0.29) is 47.9 Å². The van der Waals surface area contributed by atoms with Gasteiger partial charge in [0.15, 0.2) is 0 Å². The Morgan fingerprint density at radius 1 is 0.678 bits per heavy atom. The van der Waals surface area contributed by atoms with Crippen molar-refractivity contribution in [2.24, 2.45) is 5.92 Å². The van der Waals surface area contributed by atoms with Gasteiger partial charge in [0.05, 0.1) is 23.3 Å². The van der Waals surface area contributed by atoms with Gasteiger partial charge < -0.3 is 25.8 Å². The molecule has 0 aliphatic heterocycles. The molecule has 0 heterocycles. The first kappa shape index (κ1) is 43.0. The first-order valence-corrected chi connectivity index (χ1v) is 20.0. The second-order valence-electron chi connectivity index (χ2n) is 14.0. The van der Waals surface area contributed by atoms with Gasteiger partial charge in [-0.25, -0.2) is 4.57 Å². The van der Waals surface area contributed by atoms with Gasteiger partial charge in [0.1, 0.15) is 17.8 Å². The predicted octanol–water partition coefficient (Wildman–Crippen LogP) is 6.01. The van der Waals surface area contributed by atoms with Gasteiger partial charge >= 0.3 is 7.82 Å². The average molecular weight is 813 g/mol. The maximum Gasteiger partial charge on any atom is 0.524 e. The number of phosphoric acid groups is 1. The van der Waals surface area contributed by atoms with Crippen LogP contribution in [0.5, 0.6) is 5.75 Å². The van der Waals surface area contributed by atoms with E-state index in [1.165, 1.54) is 54.6 Å². The molecule has 15 heteroatoms. The van der Waals surface area contributed by atoms with Gasteiger partial charge in [0.2, 0.25) is 11.8 Å². The lowest BCUT2D eigenvalue weighted by atomic mass is 9.99. The van der Waals surface area contributed by atoms with Crippen LogP contribution in [0.4, 0.5) is 5.69 Å². The lowest BCUT2D eigenvalue weighted by molar-refractivity contribution is -0.128. The molecule has 0 radical (unpaired) electrons. The molecule has 0 saturated heterocycles. The zero-order chi connectivity index (χ0) is 42.5. The minimum Gasteiger partial charge on any atom is -0.404 e. The first-order valence-electron chi connectivity index (χ1n) is 18.4. The molecule has 0 aromatic heterocycles. The molecule has 0 bridgehead atoms. The molecule has 0 unspecified atom stereocenters. The van der Waals surface area contributed by atoms with Crippen molar-refractivity contribution in [3.05, 3.63) is 155 Å². The van der Waals surface area contributed by atoms with Crippen LogP contribution in [-0.2, 0) is 27.1 Å². The molecule has 300 valence electrons. The Morgan fingerprint density at radius 3 is 1.90 bits per heavy atom. The lowest BCUT2D eigenvalue weighted by Crippen LogP contribution is -2.53. The van der Waals surface area contributed by atoms with E-state index >= 15 is 0 Å². The second-order valence-corrected chi connectivity index (χ2v) is 15.1. The van der Waals surface area contributed by atoms with Crippen molar-refractivity contribution in [2.75, 3.05) is 5.32 Å². The lowest BCUT2D eigenvalue weighted by Gasteiger charge is -2.25. The summed E-state index contributed by atoms with van der Waals surface area (Å²) in [6.07, 6.45) is 0.107. The third-order valence-corrected chi connectivity index (χ3v) is 9.38. The number of hydrogen-bond acceptors (Lipinski definition) is 8. The smallest absolute Gasteiger partial charge is 0.404 e. The molecule has 2 atom stereocenters. The number of nitriles is 2. The van der Waals surface area contributed by atoms with E-state index < -0.39 is 43.5 Å². The van der Waals surface area contributed by atoms with Crippen LogP contribution in [0.15, 0.2) is 121 Å². The van der Waals surface area contributed by atoms with E-state index in [4.69, 9.17) is 0 Å². The number of amides is 4. The van der Waals surface area contributed by atoms with Gasteiger partial charge in [-0.05, 0) is 101 Å². The fraction of sp³-hybridized carbons (Fsp3) is 0.182. The van der Waals surface area contributed by atoms with E-state index in [1.54, 1.807) is 36.4 Å². The van der Waals surface area contributed by atoms with Crippen LogP contribution < -0.4 is 25.8 Å². The molecule has 5 aromatic rings. The van der Waals surface area contributed by atoms with Crippen LogP contribution in [0.1, 0.15) is 63.2 Å². The third kappa shape index (κ3) is 13.0. The summed E-state index contributed by atoms with van der Waals surface area (Å²) in [5.41, 5.74) is 4.14. The van der Waals surface area contributed by atoms with Crippen molar-refractivity contribution >= 4 is 37.1 Å². The standard InChI is InChI=1S/C44H41N6O8P/c1-28(2)20-39(50-44(54)40(49-42(52)34-16-10-31(26-46)11-17-34)21-29-12-18-38(19-13-29)58-59(55,56)57)43(53)48-37-23-35(33-14-8-30(25-45)9-15-33)22-36(24-37)41(51)47-27-32-6-4-3-5-7-32/h3-19,22-24,28,39-40H,20-21,27H2,1-2H3,(H,47,51)(H,48,53)(H,49,52)(H,50,54)(H2,55,56,57)/t39-,40-/m0/s1. The Kier molecular flexibility index (Phi) is 14.5. The summed E-state index contributed by atoms with van der Waals surface area (Å²) in [6, 6.07) is 34.1. The first-order chi connectivity index (χ1) is 28.2. The predicted molar refractivity (Wildman–Crippen MR) is 219 cm³/mol. The largest absolute Gasteiger partial charge is 0.524 e. The molecule has 0 aliphatic carbocycles. The van der Waals surface area contributed by atoms with E-state index in [0.29, 0.717) is 27.8 Å². The number of nitrogens with zero attached hydrogens (tertiary/aromatic N) is 2. The van der Waals surface area contributed by atoms with Crippen molar-refractivity contribution in [3.63, 3.8) is 0 Å². The average Bonchev–Trinajstić information content (AvgIpc) is 3.22. The van der Waals surface area contributed by atoms with E-state index in [9.17, 15) is 44.1 Å². The fourth-order valence-electron chi connectivity index (χ4n) is 6.03. The Hall–Kier alpha value is -7.09. The van der Waals surface area contributed by atoms with Gasteiger partial charge in [-0.1, -0.05) is 68.4 Å². The zero-order valence-electron chi connectivity index (χ0n) is 32.1. The van der Waals surface area contributed by atoms with E-state index in [1.807, 2.05) is 50.2 Å². The van der Waals surface area contributed by atoms with E-state index in [2.05, 4.69) is 31.9 Å². The fourth-order valence-corrected chi connectivity index (χ4v) is 6.42. The van der Waals surface area contributed by atoms with Crippen molar-refractivity contribution in [3.8, 4) is 29.0 Å². The number of anilines is 1. The van der Waals surface area contributed by atoms with E-state index in [0.717, 1.165) is 5.56 Å². The molecular formula is C44H41N6O8P. The SMILES string of the molecule is CC(C)C[C@H](NC(=O)[C@H](Cc1ccc(OP(=O)(O)O)cc1)NC(=O)c1ccc(C#N)cc1)C(=O)Nc1cc(C(=O)NCc2ccccc2)cc(-c2ccc(C#N)cc2)c1. The Morgan fingerprint density at radius 2 is 1.31 bits per heavy atom. The molecule has 5 rings (SSSR count). The minimum absolute atomic E-state index is 0.0800. The molecule has 14 nitrogen and oxygen atoms in total. The molecule has 0 saturated carbocycles. The number of carbonyl (C=O) groups is 4. The highest BCUT2D eigenvalue weighted by atomic mass is 31.2. The van der Waals surface area contributed by atoms with Crippen molar-refractivity contribution < 1.29 is 38.1 Å². The molecule has 0 aliphatic rings. The molecule has 5 aromatic carbocycles. The van der Waals surface area contributed by atoms with Crippen LogP contribution in [-0.4, -0.2) is 45.5 Å². The van der Waals surface area contributed by atoms with Crippen LogP contribution >= 0.6 is 7.82 Å². The third-order valence-electron chi connectivity index (χ3n) is 8.93. The van der Waals surface area contributed by atoms with Crippen LogP contribution in [0, 0.1) is 28.6 Å². The van der Waals surface area contributed by atoms with Crippen LogP contribution in [0.25, 0.3) is 11.1 Å². The number of phosphoric ester groups is 1. The second kappa shape index (κ2) is 19.9. The number of carbonyl (C=O) groups excluding carboxylic acids is 4. The normalized spacial score (nSPS) is 11.9. The summed E-state index contributed by atoms with van der Waals surface area (Å²) in [5.74, 6) is -2.50. The summed E-state index contributed by atoms with van der Waals surface area (Å²) in [5, 5.41) is 29.8. The molecular weight excluding hydrogens is 771 g/mol. The number of rotatable bonds is 16. The molecule has 6 N–H and O–H groups in total. The molecule has 0 spiro atoms. The molecule has 4 amide bonds. The highest BCUT2D eigenvalue weighted by Gasteiger charge is 2.29. The minimum atomic E-state index is -4.82. The number of nitrogens with one attached hydrogen (secondary N) is 4. The zero-order valence-corrected chi connectivity index (χ0v) is 33.0. The Labute approximate surface area is 341 Å². The highest BCUT2D eigenvalue weighted by molar-refractivity contribution is 7.46. The monoisotopic (exact) mass is 812 g/mol. The maximum atomic E-state index is 14.1. The molecule has 0 fully saturated rings. The summed E-state index contributed by atoms with van der Waals surface area (Å²) in [6.45, 7) is 4.01. The molecule has 59 heavy (non-hydrogen) atoms. The van der Waals surface area contributed by atoms with Gasteiger partial charge in [-0.2, -0.15) is 10.5 Å². The highest BCUT2D eigenvalue weighted by Crippen LogP contribution is 2.37. The van der Waals surface area contributed by atoms with Crippen molar-refractivity contribution in [1.82, 2.24) is 16.0 Å². The van der Waals surface area contributed by atoms with Gasteiger partial charge in [-0.3, -0.25) is 29.0 Å². The summed E-state index contributed by atoms with van der Waals surface area (Å²) >= 11 is 0. The number of hydrogen-bond donors (Lipinski definition) is 6. The van der Waals surface area contributed by atoms with Crippen molar-refractivity contribution in [1.29, 1.82) is 10.5 Å². The van der Waals surface area contributed by atoms with Gasteiger partial charge in [0.25, 0.3) is 11.8 Å². The summed E-state index contributed by atoms with van der Waals surface area (Å²) in [4.78, 5) is 73.4. The quantitative estimate of drug-likeness (QED) is 0.0636. The summed E-state index contributed by atoms with van der Waals surface area (Å²) in [7, 11) is -4.82.